The van der Waals surface area contributed by atoms with Crippen molar-refractivity contribution in [2.75, 3.05) is 31.5 Å². The average molecular weight is 590 g/mol. The van der Waals surface area contributed by atoms with Crippen LogP contribution in [-0.2, 0) is 9.59 Å². The van der Waals surface area contributed by atoms with Gasteiger partial charge in [-0.05, 0) is 43.2 Å². The molecule has 13 heteroatoms. The second-order valence-electron chi connectivity index (χ2n) is 9.55. The Bertz CT molecular complexity index is 1410. The molecule has 10 nitrogen and oxygen atoms in total. The van der Waals surface area contributed by atoms with Gasteiger partial charge in [0.1, 0.15) is 5.82 Å². The highest BCUT2D eigenvalue weighted by atomic mass is 35.5. The average Bonchev–Trinajstić information content (AvgIpc) is 3.53. The molecule has 2 aliphatic rings. The summed E-state index contributed by atoms with van der Waals surface area (Å²) in [5.74, 6) is -1.03. The van der Waals surface area contributed by atoms with Crippen LogP contribution in [0.15, 0.2) is 59.5 Å². The number of carbonyl (C=O) groups excluding carboxylic acids is 2. The smallest absolute Gasteiger partial charge is 0.290 e. The first-order valence-electron chi connectivity index (χ1n) is 12.6. The first-order chi connectivity index (χ1) is 19.3. The van der Waals surface area contributed by atoms with Crippen molar-refractivity contribution in [1.29, 1.82) is 0 Å². The van der Waals surface area contributed by atoms with Crippen molar-refractivity contribution < 1.29 is 23.9 Å². The maximum atomic E-state index is 14.7. The van der Waals surface area contributed by atoms with Crippen molar-refractivity contribution >= 4 is 46.9 Å². The van der Waals surface area contributed by atoms with E-state index in [4.69, 9.17) is 21.5 Å². The van der Waals surface area contributed by atoms with E-state index in [1.807, 2.05) is 4.90 Å². The van der Waals surface area contributed by atoms with Gasteiger partial charge < -0.3 is 21.1 Å². The number of likely N-dealkylation sites (tertiary alicyclic amines) is 1. The van der Waals surface area contributed by atoms with Crippen molar-refractivity contribution in [1.82, 2.24) is 20.1 Å². The van der Waals surface area contributed by atoms with Gasteiger partial charge >= 0.3 is 0 Å². The highest BCUT2D eigenvalue weighted by molar-refractivity contribution is 7.18. The third-order valence-corrected chi connectivity index (χ3v) is 7.80. The van der Waals surface area contributed by atoms with Gasteiger partial charge in [0, 0.05) is 56.0 Å². The van der Waals surface area contributed by atoms with Crippen LogP contribution in [0, 0.1) is 11.7 Å². The van der Waals surface area contributed by atoms with Crippen LogP contribution < -0.4 is 21.5 Å². The number of carboxylic acid groups (broad SMARTS) is 1. The quantitative estimate of drug-likeness (QED) is 0.282. The number of nitrogens with zero attached hydrogens (tertiary/aromatic N) is 2. The summed E-state index contributed by atoms with van der Waals surface area (Å²) in [6, 6.07) is 12.7. The Kier molecular flexibility index (Phi) is 10.0. The first-order valence-corrected chi connectivity index (χ1v) is 13.8. The molecular weight excluding hydrogens is 561 g/mol. The largest absolute Gasteiger partial charge is 0.483 e. The standard InChI is InChI=1S/C26H27ClFN5O3S.CH2O2/c27-23-9-8-22(37-23)26(36)31-21-14-32(13-16(21)12-29-17-4-5-17)15-24(34)30-20-7-6-18(11-19(20)28)33-10-2-1-3-25(33)35;2-1-3/h1-3,6-11,16-17,21,29H,4-5,12-15H2,(H,30,34)(H,31,36);1H,(H,2,3)/t16-,21-;/m0./s1. The lowest BCUT2D eigenvalue weighted by molar-refractivity contribution is -0.123. The second-order valence-corrected chi connectivity index (χ2v) is 11.3. The van der Waals surface area contributed by atoms with Crippen molar-refractivity contribution in [2.24, 2.45) is 5.92 Å². The zero-order chi connectivity index (χ0) is 28.6. The molecule has 1 saturated heterocycles. The minimum Gasteiger partial charge on any atom is -0.483 e. The van der Waals surface area contributed by atoms with Gasteiger partial charge in [-0.1, -0.05) is 17.7 Å². The number of rotatable bonds is 9. The first kappa shape index (κ1) is 29.4. The molecule has 5 rings (SSSR count). The number of thiophene rings is 1. The highest BCUT2D eigenvalue weighted by Crippen LogP contribution is 2.25. The topological polar surface area (TPSA) is 133 Å². The lowest BCUT2D eigenvalue weighted by Crippen LogP contribution is -2.43. The van der Waals surface area contributed by atoms with Crippen LogP contribution in [0.5, 0.6) is 0 Å². The van der Waals surface area contributed by atoms with Gasteiger partial charge in [0.2, 0.25) is 5.91 Å². The van der Waals surface area contributed by atoms with Crippen LogP contribution in [0.25, 0.3) is 5.69 Å². The van der Waals surface area contributed by atoms with E-state index in [0.29, 0.717) is 34.0 Å². The molecule has 2 amide bonds. The van der Waals surface area contributed by atoms with E-state index >= 15 is 0 Å². The summed E-state index contributed by atoms with van der Waals surface area (Å²) in [6.45, 7) is 1.69. The minimum absolute atomic E-state index is 0.0447. The third kappa shape index (κ3) is 7.98. The number of hydrogen-bond acceptors (Lipinski definition) is 7. The fourth-order valence-corrected chi connectivity index (χ4v) is 5.48. The summed E-state index contributed by atoms with van der Waals surface area (Å²) in [7, 11) is 0. The summed E-state index contributed by atoms with van der Waals surface area (Å²) < 4.78 is 16.6. The van der Waals surface area contributed by atoms with Crippen LogP contribution in [0.3, 0.4) is 0 Å². The molecule has 2 aromatic heterocycles. The van der Waals surface area contributed by atoms with E-state index in [1.54, 1.807) is 36.5 Å². The summed E-state index contributed by atoms with van der Waals surface area (Å²) in [5, 5.41) is 16.1. The van der Waals surface area contributed by atoms with E-state index in [9.17, 15) is 18.8 Å². The van der Waals surface area contributed by atoms with E-state index in [1.165, 1.54) is 34.1 Å². The molecule has 1 aliphatic carbocycles. The van der Waals surface area contributed by atoms with Crippen molar-refractivity contribution in [3.05, 3.63) is 80.1 Å². The molecule has 0 spiro atoms. The van der Waals surface area contributed by atoms with Crippen LogP contribution in [-0.4, -0.2) is 71.1 Å². The summed E-state index contributed by atoms with van der Waals surface area (Å²) in [6.07, 6.45) is 3.87. The molecule has 1 aromatic carbocycles. The van der Waals surface area contributed by atoms with Crippen LogP contribution in [0.2, 0.25) is 4.34 Å². The SMILES string of the molecule is O=C(CN1C[C@H](CNC2CC2)[C@@H](NC(=O)c2ccc(Cl)s2)C1)Nc1ccc(-n2ccccc2=O)cc1F.O=CO. The molecule has 3 heterocycles. The Morgan fingerprint density at radius 3 is 2.58 bits per heavy atom. The Morgan fingerprint density at radius 2 is 1.93 bits per heavy atom. The maximum Gasteiger partial charge on any atom is 0.290 e. The molecule has 2 atom stereocenters. The number of amides is 2. The Labute approximate surface area is 238 Å². The second kappa shape index (κ2) is 13.7. The minimum atomic E-state index is -0.630. The molecule has 0 bridgehead atoms. The van der Waals surface area contributed by atoms with E-state index in [0.717, 1.165) is 19.4 Å². The van der Waals surface area contributed by atoms with E-state index in [2.05, 4.69) is 16.0 Å². The van der Waals surface area contributed by atoms with Crippen LogP contribution in [0.1, 0.15) is 22.5 Å². The summed E-state index contributed by atoms with van der Waals surface area (Å²) in [5.41, 5.74) is 0.142. The fraction of sp³-hybridized carbons (Fsp3) is 0.333. The summed E-state index contributed by atoms with van der Waals surface area (Å²) >= 11 is 7.21. The Balaban J connectivity index is 0.00000118. The van der Waals surface area contributed by atoms with Gasteiger partial charge in [-0.2, -0.15) is 0 Å². The molecule has 2 fully saturated rings. The number of hydrogen-bond donors (Lipinski definition) is 4. The molecule has 212 valence electrons. The van der Waals surface area contributed by atoms with Gasteiger partial charge in [-0.3, -0.25) is 28.6 Å². The van der Waals surface area contributed by atoms with Crippen molar-refractivity contribution in [3.63, 3.8) is 0 Å². The van der Waals surface area contributed by atoms with Gasteiger partial charge in [-0.25, -0.2) is 4.39 Å². The van der Waals surface area contributed by atoms with E-state index < -0.39 is 5.82 Å². The number of halogens is 2. The van der Waals surface area contributed by atoms with Crippen LogP contribution in [0.4, 0.5) is 10.1 Å². The number of anilines is 1. The molecule has 40 heavy (non-hydrogen) atoms. The Hall–Kier alpha value is -3.58. The molecular formula is C27H29ClFN5O5S. The highest BCUT2D eigenvalue weighted by Gasteiger charge is 2.36. The molecule has 1 saturated carbocycles. The fourth-order valence-electron chi connectivity index (χ4n) is 4.53. The predicted molar refractivity (Wildman–Crippen MR) is 151 cm³/mol. The zero-order valence-electron chi connectivity index (χ0n) is 21.4. The number of benzene rings is 1. The number of carbonyl (C=O) groups is 3. The van der Waals surface area contributed by atoms with E-state index in [-0.39, 0.29) is 48.0 Å². The zero-order valence-corrected chi connectivity index (χ0v) is 23.0. The van der Waals surface area contributed by atoms with Crippen LogP contribution >= 0.6 is 22.9 Å². The van der Waals surface area contributed by atoms with Gasteiger partial charge in [0.25, 0.3) is 17.9 Å². The number of pyridine rings is 1. The monoisotopic (exact) mass is 589 g/mol. The molecule has 4 N–H and O–H groups in total. The van der Waals surface area contributed by atoms with Gasteiger partial charge in [0.15, 0.2) is 0 Å². The molecule has 0 radical (unpaired) electrons. The van der Waals surface area contributed by atoms with Gasteiger partial charge in [0.05, 0.1) is 27.1 Å². The lowest BCUT2D eigenvalue weighted by Gasteiger charge is -2.20. The maximum absolute atomic E-state index is 14.7. The molecule has 1 aliphatic heterocycles. The lowest BCUT2D eigenvalue weighted by atomic mass is 10.0. The predicted octanol–water partition coefficient (Wildman–Crippen LogP) is 2.81. The summed E-state index contributed by atoms with van der Waals surface area (Å²) in [4.78, 5) is 48.4. The normalized spacial score (nSPS) is 18.4. The Morgan fingerprint density at radius 1 is 1.15 bits per heavy atom. The van der Waals surface area contributed by atoms with Crippen molar-refractivity contribution in [2.45, 2.75) is 24.9 Å². The number of nitrogens with one attached hydrogen (secondary N) is 3. The third-order valence-electron chi connectivity index (χ3n) is 6.57. The van der Waals surface area contributed by atoms with Gasteiger partial charge in [-0.15, -0.1) is 11.3 Å². The number of aromatic nitrogens is 1. The van der Waals surface area contributed by atoms with Crippen molar-refractivity contribution in [3.8, 4) is 5.69 Å². The molecule has 0 unspecified atom stereocenters. The molecule has 3 aromatic rings.